The molecule has 1 aliphatic rings. The van der Waals surface area contributed by atoms with E-state index < -0.39 is 5.76 Å². The molecule has 1 fully saturated rings. The minimum absolute atomic E-state index is 0.122. The van der Waals surface area contributed by atoms with Crippen LogP contribution >= 0.6 is 11.8 Å². The molecule has 0 aliphatic heterocycles. The van der Waals surface area contributed by atoms with Gasteiger partial charge in [-0.25, -0.2) is 0 Å². The van der Waals surface area contributed by atoms with Gasteiger partial charge in [0, 0.05) is 22.5 Å². The van der Waals surface area contributed by atoms with Crippen molar-refractivity contribution in [3.05, 3.63) is 24.3 Å². The predicted octanol–water partition coefficient (Wildman–Crippen LogP) is 3.60. The molecule has 0 unspecified atom stereocenters. The Morgan fingerprint density at radius 2 is 1.90 bits per heavy atom. The molecule has 0 saturated heterocycles. The summed E-state index contributed by atoms with van der Waals surface area (Å²) in [6.07, 6.45) is 4.21. The van der Waals surface area contributed by atoms with Gasteiger partial charge in [0.25, 0.3) is 5.76 Å². The summed E-state index contributed by atoms with van der Waals surface area (Å²) in [6.45, 7) is 0. The third-order valence-electron chi connectivity index (χ3n) is 3.48. The third kappa shape index (κ3) is 4.45. The first kappa shape index (κ1) is 15.3. The number of thioether (sulfide) groups is 1. The Morgan fingerprint density at radius 1 is 1.30 bits per heavy atom. The van der Waals surface area contributed by atoms with Crippen LogP contribution < -0.4 is 11.1 Å². The summed E-state index contributed by atoms with van der Waals surface area (Å²) >= 11 is 0.485. The summed E-state index contributed by atoms with van der Waals surface area (Å²) in [6, 6.07) is 6.39. The number of alkyl halides is 2. The lowest BCUT2D eigenvalue weighted by molar-refractivity contribution is -0.117. The molecule has 1 amide bonds. The van der Waals surface area contributed by atoms with Gasteiger partial charge >= 0.3 is 0 Å². The van der Waals surface area contributed by atoms with Crippen molar-refractivity contribution >= 4 is 23.4 Å². The smallest absolute Gasteiger partial charge is 0.288 e. The Balaban J connectivity index is 1.87. The standard InChI is InChI=1S/C14H18F2N2OS/c15-13(16)20-11-5-3-10(4-6-11)18-12(19)9-14(17)7-1-2-8-14/h3-6,13H,1-2,7-9,17H2,(H,18,19). The zero-order valence-corrected chi connectivity index (χ0v) is 11.9. The zero-order chi connectivity index (χ0) is 14.6. The highest BCUT2D eigenvalue weighted by molar-refractivity contribution is 7.99. The SMILES string of the molecule is NC1(CC(=O)Nc2ccc(SC(F)F)cc2)CCCC1. The molecule has 20 heavy (non-hydrogen) atoms. The fourth-order valence-electron chi connectivity index (χ4n) is 2.50. The number of anilines is 1. The maximum absolute atomic E-state index is 12.2. The number of carbonyl (C=O) groups is 1. The van der Waals surface area contributed by atoms with Gasteiger partial charge in [0.2, 0.25) is 5.91 Å². The van der Waals surface area contributed by atoms with Gasteiger partial charge in [-0.15, -0.1) is 0 Å². The third-order valence-corrected chi connectivity index (χ3v) is 4.20. The largest absolute Gasteiger partial charge is 0.326 e. The van der Waals surface area contributed by atoms with Crippen molar-refractivity contribution in [2.75, 3.05) is 5.32 Å². The molecule has 1 aliphatic carbocycles. The lowest BCUT2D eigenvalue weighted by Gasteiger charge is -2.22. The molecule has 2 rings (SSSR count). The lowest BCUT2D eigenvalue weighted by atomic mass is 9.94. The minimum atomic E-state index is -2.44. The molecule has 0 heterocycles. The molecule has 0 aromatic heterocycles. The van der Waals surface area contributed by atoms with Crippen LogP contribution in [0.25, 0.3) is 0 Å². The molecule has 0 bridgehead atoms. The number of hydrogen-bond acceptors (Lipinski definition) is 3. The van der Waals surface area contributed by atoms with Crippen molar-refractivity contribution in [3.63, 3.8) is 0 Å². The molecule has 110 valence electrons. The molecule has 1 aromatic carbocycles. The Hall–Kier alpha value is -1.14. The Kier molecular flexibility index (Phi) is 4.99. The zero-order valence-electron chi connectivity index (χ0n) is 11.1. The maximum Gasteiger partial charge on any atom is 0.288 e. The van der Waals surface area contributed by atoms with Crippen LogP contribution in [0.4, 0.5) is 14.5 Å². The van der Waals surface area contributed by atoms with E-state index >= 15 is 0 Å². The van der Waals surface area contributed by atoms with Crippen LogP contribution in [0.2, 0.25) is 0 Å². The number of rotatable bonds is 5. The first-order valence-electron chi connectivity index (χ1n) is 6.60. The number of benzene rings is 1. The highest BCUT2D eigenvalue weighted by atomic mass is 32.2. The molecular weight excluding hydrogens is 282 g/mol. The van der Waals surface area contributed by atoms with Gasteiger partial charge in [0.05, 0.1) is 0 Å². The number of carbonyl (C=O) groups excluding carboxylic acids is 1. The number of nitrogens with one attached hydrogen (secondary N) is 1. The normalized spacial score (nSPS) is 17.4. The second kappa shape index (κ2) is 6.54. The van der Waals surface area contributed by atoms with Gasteiger partial charge in [-0.1, -0.05) is 24.6 Å². The molecule has 0 radical (unpaired) electrons. The molecule has 1 saturated carbocycles. The van der Waals surface area contributed by atoms with E-state index in [1.165, 1.54) is 0 Å². The number of hydrogen-bond donors (Lipinski definition) is 2. The first-order valence-corrected chi connectivity index (χ1v) is 7.48. The van der Waals surface area contributed by atoms with Crippen LogP contribution in [0.5, 0.6) is 0 Å². The van der Waals surface area contributed by atoms with Gasteiger partial charge < -0.3 is 11.1 Å². The van der Waals surface area contributed by atoms with Crippen molar-refractivity contribution < 1.29 is 13.6 Å². The van der Waals surface area contributed by atoms with Gasteiger partial charge in [-0.2, -0.15) is 8.78 Å². The van der Waals surface area contributed by atoms with Gasteiger partial charge in [-0.05, 0) is 37.1 Å². The molecule has 0 spiro atoms. The first-order chi connectivity index (χ1) is 9.47. The van der Waals surface area contributed by atoms with Crippen LogP contribution in [0, 0.1) is 0 Å². The average molecular weight is 300 g/mol. The topological polar surface area (TPSA) is 55.1 Å². The molecular formula is C14H18F2N2OS. The van der Waals surface area contributed by atoms with Crippen LogP contribution in [-0.2, 0) is 4.79 Å². The summed E-state index contributed by atoms with van der Waals surface area (Å²) in [5, 5.41) is 2.76. The highest BCUT2D eigenvalue weighted by Gasteiger charge is 2.31. The number of nitrogens with two attached hydrogens (primary N) is 1. The molecule has 0 atom stereocenters. The summed E-state index contributed by atoms with van der Waals surface area (Å²) in [5.74, 6) is -2.56. The second-order valence-electron chi connectivity index (χ2n) is 5.20. The second-order valence-corrected chi connectivity index (χ2v) is 6.26. The van der Waals surface area contributed by atoms with E-state index in [1.54, 1.807) is 24.3 Å². The van der Waals surface area contributed by atoms with Gasteiger partial charge in [0.15, 0.2) is 0 Å². The summed E-state index contributed by atoms with van der Waals surface area (Å²) < 4.78 is 24.4. The van der Waals surface area contributed by atoms with Crippen molar-refractivity contribution in [2.24, 2.45) is 5.73 Å². The summed E-state index contributed by atoms with van der Waals surface area (Å²) in [5.41, 5.74) is 6.37. The van der Waals surface area contributed by atoms with Crippen LogP contribution in [-0.4, -0.2) is 17.2 Å². The monoisotopic (exact) mass is 300 g/mol. The summed E-state index contributed by atoms with van der Waals surface area (Å²) in [4.78, 5) is 12.4. The Morgan fingerprint density at radius 3 is 2.45 bits per heavy atom. The Bertz CT molecular complexity index is 459. The predicted molar refractivity (Wildman–Crippen MR) is 76.9 cm³/mol. The van der Waals surface area contributed by atoms with E-state index in [4.69, 9.17) is 5.73 Å². The number of amides is 1. The molecule has 3 N–H and O–H groups in total. The average Bonchev–Trinajstić information content (AvgIpc) is 2.77. The van der Waals surface area contributed by atoms with Crippen molar-refractivity contribution in [1.29, 1.82) is 0 Å². The van der Waals surface area contributed by atoms with E-state index in [0.717, 1.165) is 25.7 Å². The quantitative estimate of drug-likeness (QED) is 0.817. The fraction of sp³-hybridized carbons (Fsp3) is 0.500. The molecule has 1 aromatic rings. The maximum atomic E-state index is 12.2. The van der Waals surface area contributed by atoms with E-state index in [1.807, 2.05) is 0 Å². The van der Waals surface area contributed by atoms with E-state index in [-0.39, 0.29) is 11.4 Å². The van der Waals surface area contributed by atoms with E-state index in [9.17, 15) is 13.6 Å². The highest BCUT2D eigenvalue weighted by Crippen LogP contribution is 2.30. The molecule has 6 heteroatoms. The van der Waals surface area contributed by atoms with Gasteiger partial charge in [0.1, 0.15) is 0 Å². The molecule has 3 nitrogen and oxygen atoms in total. The van der Waals surface area contributed by atoms with E-state index in [2.05, 4.69) is 5.32 Å². The Labute approximate surface area is 121 Å². The van der Waals surface area contributed by atoms with E-state index in [0.29, 0.717) is 28.8 Å². The van der Waals surface area contributed by atoms with Crippen molar-refractivity contribution in [2.45, 2.75) is 48.3 Å². The van der Waals surface area contributed by atoms with Crippen molar-refractivity contribution in [3.8, 4) is 0 Å². The van der Waals surface area contributed by atoms with Crippen LogP contribution in [0.1, 0.15) is 32.1 Å². The van der Waals surface area contributed by atoms with Crippen LogP contribution in [0.15, 0.2) is 29.2 Å². The lowest BCUT2D eigenvalue weighted by Crippen LogP contribution is -2.40. The van der Waals surface area contributed by atoms with Crippen LogP contribution in [0.3, 0.4) is 0 Å². The fourth-order valence-corrected chi connectivity index (χ4v) is 3.00. The number of halogens is 2. The minimum Gasteiger partial charge on any atom is -0.326 e. The van der Waals surface area contributed by atoms with Crippen molar-refractivity contribution in [1.82, 2.24) is 0 Å². The summed E-state index contributed by atoms with van der Waals surface area (Å²) in [7, 11) is 0. The van der Waals surface area contributed by atoms with Gasteiger partial charge in [-0.3, -0.25) is 4.79 Å².